The van der Waals surface area contributed by atoms with E-state index in [1.54, 1.807) is 0 Å². The molecule has 0 aliphatic heterocycles. The van der Waals surface area contributed by atoms with Crippen LogP contribution in [0.2, 0.25) is 0 Å². The third-order valence-corrected chi connectivity index (χ3v) is 11.0. The molecule has 0 bridgehead atoms. The molecule has 0 saturated heterocycles. The van der Waals surface area contributed by atoms with E-state index in [9.17, 15) is 0 Å². The highest BCUT2D eigenvalue weighted by atomic mass is 32.1. The van der Waals surface area contributed by atoms with Gasteiger partial charge in [-0.1, -0.05) is 126 Å². The molecule has 10 rings (SSSR count). The van der Waals surface area contributed by atoms with Gasteiger partial charge in [0.1, 0.15) is 4.83 Å². The number of aryl methyl sites for hydroxylation is 2. The Morgan fingerprint density at radius 1 is 0.442 bits per heavy atom. The van der Waals surface area contributed by atoms with E-state index in [0.29, 0.717) is 17.5 Å². The van der Waals surface area contributed by atoms with E-state index >= 15 is 0 Å². The first-order valence-corrected chi connectivity index (χ1v) is 18.2. The third-order valence-electron chi connectivity index (χ3n) is 9.81. The van der Waals surface area contributed by atoms with Crippen LogP contribution in [0.25, 0.3) is 93.2 Å². The van der Waals surface area contributed by atoms with Gasteiger partial charge in [0, 0.05) is 49.5 Å². The fourth-order valence-corrected chi connectivity index (χ4v) is 8.55. The molecule has 0 radical (unpaired) electrons. The summed E-state index contributed by atoms with van der Waals surface area (Å²) in [4.78, 5) is 21.4. The summed E-state index contributed by atoms with van der Waals surface area (Å²) in [5, 5.41) is 4.92. The van der Waals surface area contributed by atoms with Crippen molar-refractivity contribution in [3.8, 4) is 51.1 Å². The van der Waals surface area contributed by atoms with Crippen LogP contribution >= 0.6 is 11.3 Å². The Balaban J connectivity index is 1.16. The van der Waals surface area contributed by atoms with Crippen molar-refractivity contribution in [2.75, 3.05) is 0 Å². The van der Waals surface area contributed by atoms with Crippen LogP contribution in [0.15, 0.2) is 152 Å². The molecule has 0 amide bonds. The van der Waals surface area contributed by atoms with E-state index in [1.165, 1.54) is 47.7 Å². The zero-order valence-corrected chi connectivity index (χ0v) is 29.4. The Labute approximate surface area is 304 Å². The van der Waals surface area contributed by atoms with Gasteiger partial charge in [-0.15, -0.1) is 11.3 Å². The van der Waals surface area contributed by atoms with Crippen molar-refractivity contribution >= 4 is 53.4 Å². The molecule has 0 aliphatic rings. The first kappa shape index (κ1) is 30.3. The van der Waals surface area contributed by atoms with E-state index in [2.05, 4.69) is 170 Å². The molecule has 0 unspecified atom stereocenters. The van der Waals surface area contributed by atoms with E-state index < -0.39 is 0 Å². The van der Waals surface area contributed by atoms with Crippen molar-refractivity contribution in [1.82, 2.24) is 24.5 Å². The molecule has 52 heavy (non-hydrogen) atoms. The molecule has 4 heterocycles. The Bertz CT molecular complexity index is 2880. The number of fused-ring (bicyclic) bond motifs is 7. The van der Waals surface area contributed by atoms with Crippen molar-refractivity contribution in [3.63, 3.8) is 0 Å². The van der Waals surface area contributed by atoms with Gasteiger partial charge in [-0.3, -0.25) is 0 Å². The van der Waals surface area contributed by atoms with E-state index in [0.717, 1.165) is 39.2 Å². The summed E-state index contributed by atoms with van der Waals surface area (Å²) in [6.45, 7) is 4.17. The number of pyridine rings is 1. The maximum absolute atomic E-state index is 5.22. The standard InChI is InChI=1S/C46H31N5S/c1-28-16-20-31(21-17-28)43-48-44(32-22-18-29(2)19-23-32)50-45(49-43)33-24-26-34(27-25-33)51-38-15-9-7-13-36(38)40-39-35-12-6-8-14-37(35)47-41(42(39)52-46(40)51)30-10-4-3-5-11-30/h3-27H,1-2H3. The zero-order valence-electron chi connectivity index (χ0n) is 28.6. The van der Waals surface area contributed by atoms with Crippen LogP contribution in [-0.4, -0.2) is 24.5 Å². The van der Waals surface area contributed by atoms with Crippen molar-refractivity contribution < 1.29 is 0 Å². The molecular weight excluding hydrogens is 655 g/mol. The summed E-state index contributed by atoms with van der Waals surface area (Å²) < 4.78 is 3.59. The van der Waals surface area contributed by atoms with Crippen LogP contribution in [0, 0.1) is 13.8 Å². The Morgan fingerprint density at radius 3 is 1.58 bits per heavy atom. The minimum absolute atomic E-state index is 0.641. The lowest BCUT2D eigenvalue weighted by atomic mass is 10.0. The molecule has 0 spiro atoms. The molecule has 0 N–H and O–H groups in total. The number of para-hydroxylation sites is 2. The molecular formula is C46H31N5S. The average Bonchev–Trinajstić information content (AvgIpc) is 3.74. The van der Waals surface area contributed by atoms with Gasteiger partial charge in [0.05, 0.1) is 21.4 Å². The second-order valence-corrected chi connectivity index (χ2v) is 14.3. The molecule has 10 aromatic rings. The molecule has 6 heteroatoms. The normalized spacial score (nSPS) is 11.7. The van der Waals surface area contributed by atoms with Crippen LogP contribution in [0.5, 0.6) is 0 Å². The maximum atomic E-state index is 5.22. The monoisotopic (exact) mass is 685 g/mol. The molecule has 0 saturated carbocycles. The second kappa shape index (κ2) is 12.1. The minimum atomic E-state index is 0.641. The van der Waals surface area contributed by atoms with Gasteiger partial charge in [0.2, 0.25) is 0 Å². The van der Waals surface area contributed by atoms with Crippen molar-refractivity contribution in [1.29, 1.82) is 0 Å². The summed E-state index contributed by atoms with van der Waals surface area (Å²) in [6.07, 6.45) is 0. The third kappa shape index (κ3) is 4.99. The lowest BCUT2D eigenvalue weighted by molar-refractivity contribution is 1.07. The predicted octanol–water partition coefficient (Wildman–Crippen LogP) is 12.0. The van der Waals surface area contributed by atoms with Crippen LogP contribution in [0.1, 0.15) is 11.1 Å². The highest BCUT2D eigenvalue weighted by molar-refractivity contribution is 7.26. The van der Waals surface area contributed by atoms with E-state index in [-0.39, 0.29) is 0 Å². The highest BCUT2D eigenvalue weighted by Crippen LogP contribution is 2.47. The number of benzene rings is 6. The lowest BCUT2D eigenvalue weighted by Crippen LogP contribution is -2.00. The van der Waals surface area contributed by atoms with Gasteiger partial charge in [-0.25, -0.2) is 19.9 Å². The molecule has 0 aliphatic carbocycles. The Morgan fingerprint density at radius 2 is 0.962 bits per heavy atom. The SMILES string of the molecule is Cc1ccc(-c2nc(-c3ccc(C)cc3)nc(-c3ccc(-n4c5ccccc5c5c6c(sc54)c(-c4ccccc4)nc4ccccc46)cc3)n2)cc1. The predicted molar refractivity (Wildman–Crippen MR) is 216 cm³/mol. The average molecular weight is 686 g/mol. The summed E-state index contributed by atoms with van der Waals surface area (Å²) in [6, 6.07) is 53.1. The lowest BCUT2D eigenvalue weighted by Gasteiger charge is -2.11. The van der Waals surface area contributed by atoms with Crippen molar-refractivity contribution in [3.05, 3.63) is 163 Å². The number of aromatic nitrogens is 5. The topological polar surface area (TPSA) is 56.5 Å². The highest BCUT2D eigenvalue weighted by Gasteiger charge is 2.22. The summed E-state index contributed by atoms with van der Waals surface area (Å²) in [7, 11) is 0. The van der Waals surface area contributed by atoms with Gasteiger partial charge in [0.25, 0.3) is 0 Å². The largest absolute Gasteiger partial charge is 0.301 e. The number of thiophene rings is 1. The van der Waals surface area contributed by atoms with Gasteiger partial charge in [0.15, 0.2) is 17.5 Å². The van der Waals surface area contributed by atoms with Gasteiger partial charge in [-0.05, 0) is 50.2 Å². The quantitative estimate of drug-likeness (QED) is 0.181. The molecule has 5 nitrogen and oxygen atoms in total. The first-order valence-electron chi connectivity index (χ1n) is 17.4. The summed E-state index contributed by atoms with van der Waals surface area (Å²) in [5.74, 6) is 1.95. The smallest absolute Gasteiger partial charge is 0.164 e. The van der Waals surface area contributed by atoms with Crippen LogP contribution in [0.3, 0.4) is 0 Å². The van der Waals surface area contributed by atoms with Gasteiger partial charge >= 0.3 is 0 Å². The van der Waals surface area contributed by atoms with E-state index in [1.807, 2.05) is 11.3 Å². The molecule has 6 aromatic carbocycles. The number of hydrogen-bond acceptors (Lipinski definition) is 5. The summed E-state index contributed by atoms with van der Waals surface area (Å²) >= 11 is 1.81. The zero-order chi connectivity index (χ0) is 34.8. The Kier molecular flexibility index (Phi) is 7.05. The van der Waals surface area contributed by atoms with Crippen LogP contribution in [0.4, 0.5) is 0 Å². The number of hydrogen-bond donors (Lipinski definition) is 0. The van der Waals surface area contributed by atoms with Crippen LogP contribution in [-0.2, 0) is 0 Å². The fraction of sp³-hybridized carbons (Fsp3) is 0.0435. The molecule has 0 fully saturated rings. The number of nitrogens with zero attached hydrogens (tertiary/aromatic N) is 5. The Hall–Kier alpha value is -6.50. The van der Waals surface area contributed by atoms with Gasteiger partial charge in [-0.2, -0.15) is 0 Å². The van der Waals surface area contributed by atoms with Crippen molar-refractivity contribution in [2.24, 2.45) is 0 Å². The van der Waals surface area contributed by atoms with Crippen molar-refractivity contribution in [2.45, 2.75) is 13.8 Å². The first-order chi connectivity index (χ1) is 25.6. The molecule has 4 aromatic heterocycles. The molecule has 246 valence electrons. The number of rotatable bonds is 5. The van der Waals surface area contributed by atoms with Gasteiger partial charge < -0.3 is 4.57 Å². The van der Waals surface area contributed by atoms with E-state index in [4.69, 9.17) is 19.9 Å². The second-order valence-electron chi connectivity index (χ2n) is 13.3. The minimum Gasteiger partial charge on any atom is -0.301 e. The maximum Gasteiger partial charge on any atom is 0.164 e. The fourth-order valence-electron chi connectivity index (χ4n) is 7.17. The molecule has 0 atom stereocenters. The summed E-state index contributed by atoms with van der Waals surface area (Å²) in [5.41, 5.74) is 10.6. The van der Waals surface area contributed by atoms with Crippen LogP contribution < -0.4 is 0 Å².